The Morgan fingerprint density at radius 2 is 1.94 bits per heavy atom. The Morgan fingerprint density at radius 3 is 2.50 bits per heavy atom. The first-order chi connectivity index (χ1) is 7.45. The monoisotopic (exact) mass is 224 g/mol. The third-order valence-electron chi connectivity index (χ3n) is 2.58. The van der Waals surface area contributed by atoms with Gasteiger partial charge < -0.3 is 9.84 Å². The fraction of sp³-hybridized carbons (Fsp3) is 0.667. The third-order valence-corrected chi connectivity index (χ3v) is 2.58. The number of aliphatic hydroxyl groups is 1. The van der Waals surface area contributed by atoms with Gasteiger partial charge in [-0.2, -0.15) is 0 Å². The van der Waals surface area contributed by atoms with Crippen molar-refractivity contribution in [3.8, 4) is 5.88 Å². The molecular formula is C12H20N2O2. The van der Waals surface area contributed by atoms with E-state index in [2.05, 4.69) is 9.97 Å². The van der Waals surface area contributed by atoms with Crippen LogP contribution in [0.1, 0.15) is 32.9 Å². The van der Waals surface area contributed by atoms with Gasteiger partial charge in [-0.05, 0) is 18.3 Å². The smallest absolute Gasteiger partial charge is 0.235 e. The van der Waals surface area contributed by atoms with Gasteiger partial charge in [0.25, 0.3) is 0 Å². The van der Waals surface area contributed by atoms with E-state index in [9.17, 15) is 5.11 Å². The van der Waals surface area contributed by atoms with Crippen molar-refractivity contribution >= 4 is 0 Å². The zero-order valence-corrected chi connectivity index (χ0v) is 10.4. The Balaban J connectivity index is 2.61. The molecule has 90 valence electrons. The minimum absolute atomic E-state index is 0.102. The Labute approximate surface area is 96.7 Å². The minimum atomic E-state index is -0.348. The minimum Gasteiger partial charge on any atom is -0.480 e. The molecule has 4 heteroatoms. The predicted octanol–water partition coefficient (Wildman–Crippen LogP) is 1.82. The summed E-state index contributed by atoms with van der Waals surface area (Å²) in [7, 11) is 1.58. The molecule has 4 nitrogen and oxygen atoms in total. The van der Waals surface area contributed by atoms with Crippen LogP contribution in [-0.2, 0) is 6.42 Å². The van der Waals surface area contributed by atoms with Crippen LogP contribution in [-0.4, -0.2) is 28.3 Å². The maximum atomic E-state index is 9.92. The summed E-state index contributed by atoms with van der Waals surface area (Å²) in [6.45, 7) is 6.06. The molecule has 1 unspecified atom stereocenters. The maximum absolute atomic E-state index is 9.92. The summed E-state index contributed by atoms with van der Waals surface area (Å²) >= 11 is 0. The van der Waals surface area contributed by atoms with Crippen molar-refractivity contribution in [1.82, 2.24) is 9.97 Å². The summed E-state index contributed by atoms with van der Waals surface area (Å²) < 4.78 is 5.11. The van der Waals surface area contributed by atoms with Crippen LogP contribution in [0.25, 0.3) is 0 Å². The second-order valence-electron chi connectivity index (χ2n) is 4.93. The van der Waals surface area contributed by atoms with Gasteiger partial charge in [-0.25, -0.2) is 4.98 Å². The Hall–Kier alpha value is -1.16. The first-order valence-corrected chi connectivity index (χ1v) is 5.47. The van der Waals surface area contributed by atoms with Crippen LogP contribution in [0.4, 0.5) is 0 Å². The van der Waals surface area contributed by atoms with Crippen molar-refractivity contribution in [3.05, 3.63) is 18.1 Å². The normalized spacial score (nSPS) is 13.6. The van der Waals surface area contributed by atoms with Gasteiger partial charge in [0, 0.05) is 12.4 Å². The number of rotatable bonds is 4. The summed E-state index contributed by atoms with van der Waals surface area (Å²) in [5.41, 5.74) is 0.698. The number of aliphatic hydroxyl groups excluding tert-OH is 1. The van der Waals surface area contributed by atoms with Crippen molar-refractivity contribution in [1.29, 1.82) is 0 Å². The molecule has 1 atom stereocenters. The number of hydrogen-bond donors (Lipinski definition) is 1. The van der Waals surface area contributed by atoms with E-state index in [4.69, 9.17) is 4.74 Å². The van der Waals surface area contributed by atoms with E-state index in [1.54, 1.807) is 19.5 Å². The summed E-state index contributed by atoms with van der Waals surface area (Å²) in [6, 6.07) is 0. The molecule has 16 heavy (non-hydrogen) atoms. The molecule has 0 amide bonds. The highest BCUT2D eigenvalue weighted by atomic mass is 16.5. The standard InChI is InChI=1S/C12H20N2O2/c1-12(2,3)10(15)6-5-9-11(16-4)14-8-7-13-9/h7-8,10,15H,5-6H2,1-4H3. The summed E-state index contributed by atoms with van der Waals surface area (Å²) in [4.78, 5) is 8.28. The Kier molecular flexibility index (Phi) is 4.24. The van der Waals surface area contributed by atoms with E-state index in [1.165, 1.54) is 0 Å². The predicted molar refractivity (Wildman–Crippen MR) is 62.4 cm³/mol. The molecule has 1 aromatic rings. The Bertz CT molecular complexity index is 334. The molecule has 0 bridgehead atoms. The average Bonchev–Trinajstić information content (AvgIpc) is 2.24. The molecule has 0 saturated carbocycles. The molecule has 0 aliphatic rings. The summed E-state index contributed by atoms with van der Waals surface area (Å²) in [5, 5.41) is 9.92. The van der Waals surface area contributed by atoms with Gasteiger partial charge in [0.15, 0.2) is 0 Å². The van der Waals surface area contributed by atoms with Crippen molar-refractivity contribution in [2.75, 3.05) is 7.11 Å². The quantitative estimate of drug-likeness (QED) is 0.847. The molecule has 0 aromatic carbocycles. The van der Waals surface area contributed by atoms with Gasteiger partial charge >= 0.3 is 0 Å². The largest absolute Gasteiger partial charge is 0.480 e. The highest BCUT2D eigenvalue weighted by Crippen LogP contribution is 2.23. The number of ether oxygens (including phenoxy) is 1. The van der Waals surface area contributed by atoms with Gasteiger partial charge in [-0.15, -0.1) is 0 Å². The van der Waals surface area contributed by atoms with E-state index >= 15 is 0 Å². The molecule has 0 aliphatic carbocycles. The average molecular weight is 224 g/mol. The van der Waals surface area contributed by atoms with Crippen molar-refractivity contribution in [3.63, 3.8) is 0 Å². The highest BCUT2D eigenvalue weighted by Gasteiger charge is 2.22. The fourth-order valence-electron chi connectivity index (χ4n) is 1.40. The number of aromatic nitrogens is 2. The zero-order chi connectivity index (χ0) is 12.2. The molecule has 1 heterocycles. The van der Waals surface area contributed by atoms with E-state index < -0.39 is 0 Å². The van der Waals surface area contributed by atoms with E-state index in [0.29, 0.717) is 18.7 Å². The maximum Gasteiger partial charge on any atom is 0.235 e. The van der Waals surface area contributed by atoms with Gasteiger partial charge in [-0.3, -0.25) is 4.98 Å². The number of hydrogen-bond acceptors (Lipinski definition) is 4. The van der Waals surface area contributed by atoms with Crippen molar-refractivity contribution < 1.29 is 9.84 Å². The van der Waals surface area contributed by atoms with Gasteiger partial charge in [0.1, 0.15) is 5.69 Å². The first kappa shape index (κ1) is 12.9. The number of aryl methyl sites for hydroxylation is 1. The van der Waals surface area contributed by atoms with Crippen LogP contribution in [0.2, 0.25) is 0 Å². The lowest BCUT2D eigenvalue weighted by Gasteiger charge is -2.25. The molecular weight excluding hydrogens is 204 g/mol. The van der Waals surface area contributed by atoms with Crippen LogP contribution in [0, 0.1) is 5.41 Å². The lowest BCUT2D eigenvalue weighted by molar-refractivity contribution is 0.0556. The molecule has 0 radical (unpaired) electrons. The Morgan fingerprint density at radius 1 is 1.31 bits per heavy atom. The molecule has 0 saturated heterocycles. The van der Waals surface area contributed by atoms with Gasteiger partial charge in [0.05, 0.1) is 13.2 Å². The third kappa shape index (κ3) is 3.45. The van der Waals surface area contributed by atoms with Crippen LogP contribution in [0.3, 0.4) is 0 Å². The SMILES string of the molecule is COc1nccnc1CCC(O)C(C)(C)C. The van der Waals surface area contributed by atoms with E-state index in [0.717, 1.165) is 5.69 Å². The van der Waals surface area contributed by atoms with Crippen LogP contribution in [0.5, 0.6) is 5.88 Å². The van der Waals surface area contributed by atoms with Gasteiger partial charge in [0.2, 0.25) is 5.88 Å². The molecule has 1 rings (SSSR count). The molecule has 1 N–H and O–H groups in total. The topological polar surface area (TPSA) is 55.2 Å². The van der Waals surface area contributed by atoms with Crippen LogP contribution < -0.4 is 4.74 Å². The summed E-state index contributed by atoms with van der Waals surface area (Å²) in [6.07, 6.45) is 4.23. The highest BCUT2D eigenvalue weighted by molar-refractivity contribution is 5.17. The van der Waals surface area contributed by atoms with Crippen molar-refractivity contribution in [2.24, 2.45) is 5.41 Å². The summed E-state index contributed by atoms with van der Waals surface area (Å²) in [5.74, 6) is 0.545. The molecule has 0 spiro atoms. The second-order valence-corrected chi connectivity index (χ2v) is 4.93. The van der Waals surface area contributed by atoms with Crippen molar-refractivity contribution in [2.45, 2.75) is 39.7 Å². The molecule has 0 aliphatic heterocycles. The molecule has 1 aromatic heterocycles. The first-order valence-electron chi connectivity index (χ1n) is 5.47. The van der Waals surface area contributed by atoms with Crippen LogP contribution in [0.15, 0.2) is 12.4 Å². The van der Waals surface area contributed by atoms with Gasteiger partial charge in [-0.1, -0.05) is 20.8 Å². The lowest BCUT2D eigenvalue weighted by atomic mass is 9.86. The van der Waals surface area contributed by atoms with E-state index in [-0.39, 0.29) is 11.5 Å². The second kappa shape index (κ2) is 5.25. The van der Waals surface area contributed by atoms with E-state index in [1.807, 2.05) is 20.8 Å². The zero-order valence-electron chi connectivity index (χ0n) is 10.4. The lowest BCUT2D eigenvalue weighted by Crippen LogP contribution is -2.26. The number of nitrogens with zero attached hydrogens (tertiary/aromatic N) is 2. The van der Waals surface area contributed by atoms with Crippen LogP contribution >= 0.6 is 0 Å². The number of methoxy groups -OCH3 is 1. The fourth-order valence-corrected chi connectivity index (χ4v) is 1.40. The molecule has 0 fully saturated rings.